The van der Waals surface area contributed by atoms with Crippen molar-refractivity contribution in [2.75, 3.05) is 20.3 Å². The molecule has 0 saturated heterocycles. The van der Waals surface area contributed by atoms with E-state index in [4.69, 9.17) is 9.47 Å². The van der Waals surface area contributed by atoms with Gasteiger partial charge in [0.25, 0.3) is 0 Å². The van der Waals surface area contributed by atoms with Crippen molar-refractivity contribution in [3.05, 3.63) is 0 Å². The van der Waals surface area contributed by atoms with Gasteiger partial charge in [-0.05, 0) is 33.1 Å². The van der Waals surface area contributed by atoms with Crippen LogP contribution in [0.4, 0.5) is 0 Å². The molecule has 0 heterocycles. The molecule has 3 unspecified atom stereocenters. The minimum atomic E-state index is -0.0359. The summed E-state index contributed by atoms with van der Waals surface area (Å²) in [4.78, 5) is 11.5. The molecule has 1 rings (SSSR count). The number of esters is 1. The van der Waals surface area contributed by atoms with Gasteiger partial charge in [-0.25, -0.2) is 0 Å². The number of carbonyl (C=O) groups excluding carboxylic acids is 1. The second-order valence-electron chi connectivity index (χ2n) is 4.48. The molecular weight excluding hydrogens is 206 g/mol. The van der Waals surface area contributed by atoms with Crippen LogP contribution in [0.1, 0.15) is 33.1 Å². The van der Waals surface area contributed by atoms with Gasteiger partial charge in [-0.3, -0.25) is 4.79 Å². The summed E-state index contributed by atoms with van der Waals surface area (Å²) in [7, 11) is 1.70. The van der Waals surface area contributed by atoms with E-state index in [0.29, 0.717) is 25.3 Å². The van der Waals surface area contributed by atoms with Gasteiger partial charge < -0.3 is 14.8 Å². The zero-order chi connectivity index (χ0) is 12.0. The fourth-order valence-corrected chi connectivity index (χ4v) is 2.31. The largest absolute Gasteiger partial charge is 0.466 e. The molecule has 4 heteroatoms. The molecular formula is C12H23NO3. The van der Waals surface area contributed by atoms with Crippen LogP contribution in [-0.4, -0.2) is 38.4 Å². The molecule has 0 amide bonds. The van der Waals surface area contributed by atoms with E-state index in [-0.39, 0.29) is 11.9 Å². The minimum absolute atomic E-state index is 0.0359. The van der Waals surface area contributed by atoms with Crippen LogP contribution in [0.5, 0.6) is 0 Å². The van der Waals surface area contributed by atoms with Crippen molar-refractivity contribution in [2.24, 2.45) is 5.92 Å². The first-order chi connectivity index (χ1) is 7.67. The predicted molar refractivity (Wildman–Crippen MR) is 62.2 cm³/mol. The van der Waals surface area contributed by atoms with Crippen LogP contribution in [0, 0.1) is 5.92 Å². The molecule has 0 spiro atoms. The lowest BCUT2D eigenvalue weighted by atomic mass is 10.1. The van der Waals surface area contributed by atoms with Crippen LogP contribution in [0.3, 0.4) is 0 Å². The van der Waals surface area contributed by atoms with Crippen molar-refractivity contribution in [1.82, 2.24) is 5.32 Å². The average Bonchev–Trinajstić information content (AvgIpc) is 2.67. The van der Waals surface area contributed by atoms with Crippen LogP contribution in [0.15, 0.2) is 0 Å². The summed E-state index contributed by atoms with van der Waals surface area (Å²) in [6, 6.07) is 0.774. The first-order valence-electron chi connectivity index (χ1n) is 6.09. The van der Waals surface area contributed by atoms with E-state index in [0.717, 1.165) is 19.3 Å². The fourth-order valence-electron chi connectivity index (χ4n) is 2.31. The molecule has 0 radical (unpaired) electrons. The average molecular weight is 229 g/mol. The minimum Gasteiger partial charge on any atom is -0.466 e. The van der Waals surface area contributed by atoms with Crippen molar-refractivity contribution in [3.8, 4) is 0 Å². The highest BCUT2D eigenvalue weighted by Crippen LogP contribution is 2.26. The van der Waals surface area contributed by atoms with Crippen LogP contribution in [-0.2, 0) is 14.3 Å². The van der Waals surface area contributed by atoms with E-state index >= 15 is 0 Å². The molecule has 1 fully saturated rings. The molecule has 1 saturated carbocycles. The Bertz CT molecular complexity index is 220. The van der Waals surface area contributed by atoms with E-state index in [1.807, 2.05) is 6.92 Å². The standard InChI is InChI=1S/C12H23NO3/c1-4-16-12(14)10-5-6-11(7-10)13-9(2)8-15-3/h9-11,13H,4-8H2,1-3H3. The summed E-state index contributed by atoms with van der Waals surface area (Å²) >= 11 is 0. The van der Waals surface area contributed by atoms with Crippen LogP contribution in [0.2, 0.25) is 0 Å². The maximum atomic E-state index is 11.5. The van der Waals surface area contributed by atoms with Gasteiger partial charge in [0, 0.05) is 19.2 Å². The Morgan fingerprint density at radius 1 is 1.50 bits per heavy atom. The van der Waals surface area contributed by atoms with E-state index in [1.165, 1.54) is 0 Å². The number of carbonyl (C=O) groups is 1. The van der Waals surface area contributed by atoms with Crippen molar-refractivity contribution in [3.63, 3.8) is 0 Å². The highest BCUT2D eigenvalue weighted by Gasteiger charge is 2.31. The third-order valence-corrected chi connectivity index (χ3v) is 2.99. The van der Waals surface area contributed by atoms with Gasteiger partial charge >= 0.3 is 5.97 Å². The first-order valence-corrected chi connectivity index (χ1v) is 6.09. The molecule has 0 aromatic heterocycles. The Balaban J connectivity index is 2.26. The smallest absolute Gasteiger partial charge is 0.308 e. The highest BCUT2D eigenvalue weighted by molar-refractivity contribution is 5.72. The Labute approximate surface area is 97.7 Å². The van der Waals surface area contributed by atoms with Gasteiger partial charge in [0.15, 0.2) is 0 Å². The van der Waals surface area contributed by atoms with E-state index in [2.05, 4.69) is 12.2 Å². The SMILES string of the molecule is CCOC(=O)C1CCC(NC(C)COC)C1. The van der Waals surface area contributed by atoms with Crippen molar-refractivity contribution < 1.29 is 14.3 Å². The van der Waals surface area contributed by atoms with Gasteiger partial charge in [0.2, 0.25) is 0 Å². The predicted octanol–water partition coefficient (Wildman–Crippen LogP) is 1.34. The second kappa shape index (κ2) is 6.86. The fraction of sp³-hybridized carbons (Fsp3) is 0.917. The number of ether oxygens (including phenoxy) is 2. The van der Waals surface area contributed by atoms with Crippen molar-refractivity contribution in [1.29, 1.82) is 0 Å². The third-order valence-electron chi connectivity index (χ3n) is 2.99. The Morgan fingerprint density at radius 2 is 2.25 bits per heavy atom. The summed E-state index contributed by atoms with van der Waals surface area (Å²) < 4.78 is 10.1. The van der Waals surface area contributed by atoms with Gasteiger partial charge in [0.1, 0.15) is 0 Å². The van der Waals surface area contributed by atoms with E-state index in [9.17, 15) is 4.79 Å². The highest BCUT2D eigenvalue weighted by atomic mass is 16.5. The number of rotatable bonds is 6. The number of hydrogen-bond donors (Lipinski definition) is 1. The molecule has 1 aliphatic carbocycles. The Kier molecular flexibility index (Phi) is 5.77. The lowest BCUT2D eigenvalue weighted by molar-refractivity contribution is -0.147. The maximum absolute atomic E-state index is 11.5. The second-order valence-corrected chi connectivity index (χ2v) is 4.48. The molecule has 16 heavy (non-hydrogen) atoms. The quantitative estimate of drug-likeness (QED) is 0.698. The molecule has 0 bridgehead atoms. The van der Waals surface area contributed by atoms with E-state index < -0.39 is 0 Å². The Hall–Kier alpha value is -0.610. The lowest BCUT2D eigenvalue weighted by Gasteiger charge is -2.18. The van der Waals surface area contributed by atoms with Gasteiger partial charge in [-0.2, -0.15) is 0 Å². The van der Waals surface area contributed by atoms with Crippen molar-refractivity contribution in [2.45, 2.75) is 45.2 Å². The van der Waals surface area contributed by atoms with Crippen molar-refractivity contribution >= 4 is 5.97 Å². The van der Waals surface area contributed by atoms with E-state index in [1.54, 1.807) is 7.11 Å². The van der Waals surface area contributed by atoms with Crippen LogP contribution in [0.25, 0.3) is 0 Å². The maximum Gasteiger partial charge on any atom is 0.308 e. The summed E-state index contributed by atoms with van der Waals surface area (Å²) in [5.74, 6) is 0.0541. The van der Waals surface area contributed by atoms with Gasteiger partial charge in [-0.1, -0.05) is 0 Å². The summed E-state index contributed by atoms with van der Waals surface area (Å²) in [6.45, 7) is 5.14. The third kappa shape index (κ3) is 4.10. The number of nitrogens with one attached hydrogen (secondary N) is 1. The van der Waals surface area contributed by atoms with Gasteiger partial charge in [-0.15, -0.1) is 0 Å². The molecule has 1 aliphatic rings. The monoisotopic (exact) mass is 229 g/mol. The topological polar surface area (TPSA) is 47.6 Å². The molecule has 4 nitrogen and oxygen atoms in total. The van der Waals surface area contributed by atoms with Crippen LogP contribution >= 0.6 is 0 Å². The lowest BCUT2D eigenvalue weighted by Crippen LogP contribution is -2.37. The molecule has 0 aromatic rings. The molecule has 0 aromatic carbocycles. The molecule has 1 N–H and O–H groups in total. The number of hydrogen-bond acceptors (Lipinski definition) is 4. The molecule has 94 valence electrons. The molecule has 3 atom stereocenters. The zero-order valence-corrected chi connectivity index (χ0v) is 10.5. The molecule has 0 aliphatic heterocycles. The summed E-state index contributed by atoms with van der Waals surface area (Å²) in [5.41, 5.74) is 0. The van der Waals surface area contributed by atoms with Gasteiger partial charge in [0.05, 0.1) is 19.1 Å². The summed E-state index contributed by atoms with van der Waals surface area (Å²) in [6.07, 6.45) is 2.89. The first kappa shape index (κ1) is 13.5. The number of methoxy groups -OCH3 is 1. The zero-order valence-electron chi connectivity index (χ0n) is 10.5. The normalized spacial score (nSPS) is 26.7. The van der Waals surface area contributed by atoms with Crippen LogP contribution < -0.4 is 5.32 Å². The Morgan fingerprint density at radius 3 is 2.88 bits per heavy atom. The summed E-state index contributed by atoms with van der Waals surface area (Å²) in [5, 5.41) is 3.47.